The van der Waals surface area contributed by atoms with Gasteiger partial charge in [-0.15, -0.1) is 0 Å². The minimum atomic E-state index is 0.286. The molecule has 0 spiro atoms. The van der Waals surface area contributed by atoms with Gasteiger partial charge in [-0.25, -0.2) is 0 Å². The number of ether oxygens (including phenoxy) is 1. The Morgan fingerprint density at radius 3 is 2.25 bits per heavy atom. The molecule has 1 atom stereocenters. The van der Waals surface area contributed by atoms with Crippen LogP contribution >= 0.6 is 0 Å². The number of hydrogen-bond donors (Lipinski definition) is 0. The van der Waals surface area contributed by atoms with E-state index in [4.69, 9.17) is 4.74 Å². The van der Waals surface area contributed by atoms with Crippen molar-refractivity contribution in [2.24, 2.45) is 0 Å². The standard InChI is InChI=1S/C9H18O.C2H6/c1-3-6-9(4-2)7-5-8-10-9;1-2/h3-8H2,1-2H3;1-2H3. The molecule has 1 saturated heterocycles. The van der Waals surface area contributed by atoms with E-state index < -0.39 is 0 Å². The van der Waals surface area contributed by atoms with Gasteiger partial charge in [-0.1, -0.05) is 34.1 Å². The largest absolute Gasteiger partial charge is 0.375 e. The van der Waals surface area contributed by atoms with Crippen LogP contribution in [0.15, 0.2) is 0 Å². The Balaban J connectivity index is 0.000000561. The third-order valence-electron chi connectivity index (χ3n) is 2.53. The van der Waals surface area contributed by atoms with E-state index in [0.717, 1.165) is 6.61 Å². The van der Waals surface area contributed by atoms with Crippen LogP contribution in [-0.2, 0) is 4.74 Å². The lowest BCUT2D eigenvalue weighted by molar-refractivity contribution is -0.00631. The Morgan fingerprint density at radius 1 is 1.25 bits per heavy atom. The van der Waals surface area contributed by atoms with Gasteiger partial charge >= 0.3 is 0 Å². The molecule has 0 amide bonds. The van der Waals surface area contributed by atoms with Crippen LogP contribution < -0.4 is 0 Å². The molecule has 1 heteroatoms. The van der Waals surface area contributed by atoms with Gasteiger partial charge in [0.05, 0.1) is 5.60 Å². The zero-order valence-electron chi connectivity index (χ0n) is 9.15. The van der Waals surface area contributed by atoms with Gasteiger partial charge in [-0.2, -0.15) is 0 Å². The lowest BCUT2D eigenvalue weighted by Gasteiger charge is -2.25. The third kappa shape index (κ3) is 3.14. The lowest BCUT2D eigenvalue weighted by Crippen LogP contribution is -2.25. The van der Waals surface area contributed by atoms with Gasteiger partial charge in [-0.3, -0.25) is 0 Å². The molecule has 12 heavy (non-hydrogen) atoms. The maximum absolute atomic E-state index is 5.73. The third-order valence-corrected chi connectivity index (χ3v) is 2.53. The molecule has 0 aliphatic carbocycles. The van der Waals surface area contributed by atoms with Crippen molar-refractivity contribution in [3.05, 3.63) is 0 Å². The summed E-state index contributed by atoms with van der Waals surface area (Å²) in [5.74, 6) is 0. The van der Waals surface area contributed by atoms with Gasteiger partial charge in [0.15, 0.2) is 0 Å². The van der Waals surface area contributed by atoms with E-state index in [1.54, 1.807) is 0 Å². The van der Waals surface area contributed by atoms with Gasteiger partial charge in [0.1, 0.15) is 0 Å². The average molecular weight is 172 g/mol. The highest BCUT2D eigenvalue weighted by Gasteiger charge is 2.31. The van der Waals surface area contributed by atoms with Crippen LogP contribution in [0.2, 0.25) is 0 Å². The summed E-state index contributed by atoms with van der Waals surface area (Å²) in [6.07, 6.45) is 6.27. The first-order chi connectivity index (χ1) is 5.83. The van der Waals surface area contributed by atoms with Gasteiger partial charge < -0.3 is 4.74 Å². The van der Waals surface area contributed by atoms with Crippen molar-refractivity contribution in [2.45, 2.75) is 65.4 Å². The summed E-state index contributed by atoms with van der Waals surface area (Å²) in [5.41, 5.74) is 0.286. The van der Waals surface area contributed by atoms with Crippen molar-refractivity contribution >= 4 is 0 Å². The number of rotatable bonds is 3. The predicted molar refractivity (Wildman–Crippen MR) is 54.5 cm³/mol. The summed E-state index contributed by atoms with van der Waals surface area (Å²) in [5, 5.41) is 0. The smallest absolute Gasteiger partial charge is 0.0680 e. The van der Waals surface area contributed by atoms with E-state index in [1.807, 2.05) is 13.8 Å². The van der Waals surface area contributed by atoms with Crippen LogP contribution in [0.3, 0.4) is 0 Å². The molecule has 0 saturated carbocycles. The second kappa shape index (κ2) is 6.47. The molecule has 1 nitrogen and oxygen atoms in total. The fourth-order valence-electron chi connectivity index (χ4n) is 1.86. The molecule has 1 rings (SSSR count). The van der Waals surface area contributed by atoms with Crippen molar-refractivity contribution < 1.29 is 4.74 Å². The zero-order valence-corrected chi connectivity index (χ0v) is 9.15. The van der Waals surface area contributed by atoms with Crippen LogP contribution in [0.5, 0.6) is 0 Å². The highest BCUT2D eigenvalue weighted by molar-refractivity contribution is 4.82. The Bertz CT molecular complexity index is 93.2. The molecule has 1 heterocycles. The van der Waals surface area contributed by atoms with Gasteiger partial charge in [0.25, 0.3) is 0 Å². The van der Waals surface area contributed by atoms with Crippen LogP contribution in [0.1, 0.15) is 59.8 Å². The van der Waals surface area contributed by atoms with Crippen LogP contribution in [0, 0.1) is 0 Å². The second-order valence-corrected chi connectivity index (χ2v) is 3.24. The summed E-state index contributed by atoms with van der Waals surface area (Å²) >= 11 is 0. The van der Waals surface area contributed by atoms with Crippen LogP contribution in [0.25, 0.3) is 0 Å². The quantitative estimate of drug-likeness (QED) is 0.629. The second-order valence-electron chi connectivity index (χ2n) is 3.24. The van der Waals surface area contributed by atoms with Gasteiger partial charge in [-0.05, 0) is 25.7 Å². The Hall–Kier alpha value is -0.0400. The maximum Gasteiger partial charge on any atom is 0.0680 e. The predicted octanol–water partition coefficient (Wildman–Crippen LogP) is 3.77. The van der Waals surface area contributed by atoms with E-state index in [0.29, 0.717) is 0 Å². The first-order valence-corrected chi connectivity index (χ1v) is 5.47. The van der Waals surface area contributed by atoms with Crippen LogP contribution in [-0.4, -0.2) is 12.2 Å². The van der Waals surface area contributed by atoms with Crippen molar-refractivity contribution in [1.29, 1.82) is 0 Å². The van der Waals surface area contributed by atoms with Crippen molar-refractivity contribution in [3.63, 3.8) is 0 Å². The molecule has 1 fully saturated rings. The molecule has 0 aromatic heterocycles. The van der Waals surface area contributed by atoms with E-state index in [9.17, 15) is 0 Å². The Labute approximate surface area is 77.5 Å². The molecular formula is C11H24O. The van der Waals surface area contributed by atoms with Crippen molar-refractivity contribution in [3.8, 4) is 0 Å². The summed E-state index contributed by atoms with van der Waals surface area (Å²) in [6, 6.07) is 0. The van der Waals surface area contributed by atoms with E-state index in [-0.39, 0.29) is 5.60 Å². The normalized spacial score (nSPS) is 28.0. The molecule has 74 valence electrons. The molecule has 1 unspecified atom stereocenters. The topological polar surface area (TPSA) is 9.23 Å². The summed E-state index contributed by atoms with van der Waals surface area (Å²) < 4.78 is 5.73. The lowest BCUT2D eigenvalue weighted by atomic mass is 9.92. The van der Waals surface area contributed by atoms with E-state index in [2.05, 4.69) is 13.8 Å². The van der Waals surface area contributed by atoms with Crippen molar-refractivity contribution in [1.82, 2.24) is 0 Å². The minimum Gasteiger partial charge on any atom is -0.375 e. The molecular weight excluding hydrogens is 148 g/mol. The summed E-state index contributed by atoms with van der Waals surface area (Å²) in [6.45, 7) is 9.47. The van der Waals surface area contributed by atoms with Crippen LogP contribution in [0.4, 0.5) is 0 Å². The molecule has 1 aliphatic rings. The highest BCUT2D eigenvalue weighted by Crippen LogP contribution is 2.32. The molecule has 1 aliphatic heterocycles. The first-order valence-electron chi connectivity index (χ1n) is 5.47. The van der Waals surface area contributed by atoms with E-state index >= 15 is 0 Å². The maximum atomic E-state index is 5.73. The summed E-state index contributed by atoms with van der Waals surface area (Å²) in [7, 11) is 0. The highest BCUT2D eigenvalue weighted by atomic mass is 16.5. The zero-order chi connectivity index (χ0) is 9.45. The summed E-state index contributed by atoms with van der Waals surface area (Å²) in [4.78, 5) is 0. The first kappa shape index (κ1) is 12.0. The van der Waals surface area contributed by atoms with Crippen molar-refractivity contribution in [2.75, 3.05) is 6.61 Å². The average Bonchev–Trinajstić information content (AvgIpc) is 2.58. The fourth-order valence-corrected chi connectivity index (χ4v) is 1.86. The monoisotopic (exact) mass is 172 g/mol. The molecule has 0 radical (unpaired) electrons. The molecule has 0 bridgehead atoms. The minimum absolute atomic E-state index is 0.286. The SMILES string of the molecule is CC.CCCC1(CC)CCCO1. The Kier molecular flexibility index (Phi) is 6.45. The molecule has 0 aromatic carbocycles. The van der Waals surface area contributed by atoms with E-state index in [1.165, 1.54) is 32.1 Å². The molecule has 0 aromatic rings. The van der Waals surface area contributed by atoms with Gasteiger partial charge in [0.2, 0.25) is 0 Å². The fraction of sp³-hybridized carbons (Fsp3) is 1.00. The number of hydrogen-bond acceptors (Lipinski definition) is 1. The Morgan fingerprint density at radius 2 is 1.92 bits per heavy atom. The van der Waals surface area contributed by atoms with Gasteiger partial charge in [0, 0.05) is 6.61 Å². The molecule has 0 N–H and O–H groups in total.